The maximum Gasteiger partial charge on any atom is 0.297 e. The van der Waals surface area contributed by atoms with E-state index in [0.29, 0.717) is 0 Å². The SMILES string of the molecule is CCc1cnc(N2CCC(C3CCCC3)C2)o1. The quantitative estimate of drug-likeness (QED) is 0.804. The molecule has 0 radical (unpaired) electrons. The van der Waals surface area contributed by atoms with E-state index >= 15 is 0 Å². The van der Waals surface area contributed by atoms with Gasteiger partial charge in [-0.3, -0.25) is 0 Å². The minimum absolute atomic E-state index is 0.849. The first-order valence-electron chi connectivity index (χ1n) is 7.06. The molecule has 0 spiro atoms. The second-order valence-corrected chi connectivity index (χ2v) is 5.50. The third kappa shape index (κ3) is 2.20. The first kappa shape index (κ1) is 11.1. The van der Waals surface area contributed by atoms with Gasteiger partial charge in [-0.25, -0.2) is 4.98 Å². The summed E-state index contributed by atoms with van der Waals surface area (Å²) in [5.74, 6) is 2.86. The predicted octanol–water partition coefficient (Wildman–Crippen LogP) is 3.25. The van der Waals surface area contributed by atoms with Crippen LogP contribution < -0.4 is 4.90 Å². The lowest BCUT2D eigenvalue weighted by molar-refractivity contribution is 0.367. The Labute approximate surface area is 103 Å². The standard InChI is InChI=1S/C14H22N2O/c1-2-13-9-15-14(17-13)16-8-7-12(10-16)11-5-3-4-6-11/h9,11-12H,2-8,10H2,1H3. The molecule has 2 fully saturated rings. The zero-order valence-corrected chi connectivity index (χ0v) is 10.7. The maximum atomic E-state index is 5.74. The molecule has 3 rings (SSSR count). The molecular formula is C14H22N2O. The van der Waals surface area contributed by atoms with Crippen molar-refractivity contribution in [3.05, 3.63) is 12.0 Å². The van der Waals surface area contributed by atoms with Gasteiger partial charge in [0.2, 0.25) is 0 Å². The van der Waals surface area contributed by atoms with Crippen molar-refractivity contribution in [3.63, 3.8) is 0 Å². The van der Waals surface area contributed by atoms with Gasteiger partial charge >= 0.3 is 0 Å². The van der Waals surface area contributed by atoms with Crippen LogP contribution >= 0.6 is 0 Å². The molecule has 1 saturated heterocycles. The van der Waals surface area contributed by atoms with E-state index in [-0.39, 0.29) is 0 Å². The zero-order chi connectivity index (χ0) is 11.7. The average molecular weight is 234 g/mol. The maximum absolute atomic E-state index is 5.74. The number of hydrogen-bond donors (Lipinski definition) is 0. The van der Waals surface area contributed by atoms with Gasteiger partial charge in [0, 0.05) is 19.5 Å². The van der Waals surface area contributed by atoms with E-state index in [9.17, 15) is 0 Å². The summed E-state index contributed by atoms with van der Waals surface area (Å²) in [6.45, 7) is 4.40. The fourth-order valence-electron chi connectivity index (χ4n) is 3.38. The molecule has 1 aromatic heterocycles. The number of rotatable bonds is 3. The van der Waals surface area contributed by atoms with Crippen molar-refractivity contribution in [3.8, 4) is 0 Å². The monoisotopic (exact) mass is 234 g/mol. The fraction of sp³-hybridized carbons (Fsp3) is 0.786. The minimum Gasteiger partial charge on any atom is -0.429 e. The lowest BCUT2D eigenvalue weighted by atomic mass is 9.90. The third-order valence-corrected chi connectivity index (χ3v) is 4.45. The summed E-state index contributed by atoms with van der Waals surface area (Å²) < 4.78 is 5.74. The van der Waals surface area contributed by atoms with Gasteiger partial charge in [-0.2, -0.15) is 0 Å². The van der Waals surface area contributed by atoms with Gasteiger partial charge in [0.1, 0.15) is 5.76 Å². The van der Waals surface area contributed by atoms with Crippen molar-refractivity contribution in [1.29, 1.82) is 0 Å². The van der Waals surface area contributed by atoms with Gasteiger partial charge in [0.05, 0.1) is 6.20 Å². The van der Waals surface area contributed by atoms with Crippen LogP contribution in [0, 0.1) is 11.8 Å². The number of aryl methyl sites for hydroxylation is 1. The summed E-state index contributed by atoms with van der Waals surface area (Å²) in [7, 11) is 0. The van der Waals surface area contributed by atoms with Gasteiger partial charge in [-0.1, -0.05) is 32.6 Å². The largest absolute Gasteiger partial charge is 0.429 e. The molecule has 94 valence electrons. The number of aromatic nitrogens is 1. The highest BCUT2D eigenvalue weighted by Gasteiger charge is 2.32. The van der Waals surface area contributed by atoms with E-state index in [2.05, 4.69) is 16.8 Å². The molecule has 1 aromatic rings. The summed E-state index contributed by atoms with van der Waals surface area (Å²) >= 11 is 0. The Kier molecular flexibility index (Phi) is 3.08. The first-order valence-corrected chi connectivity index (χ1v) is 7.06. The highest BCUT2D eigenvalue weighted by atomic mass is 16.4. The van der Waals surface area contributed by atoms with E-state index in [1.807, 2.05) is 6.20 Å². The summed E-state index contributed by atoms with van der Waals surface area (Å²) in [5, 5.41) is 0. The van der Waals surface area contributed by atoms with E-state index in [1.54, 1.807) is 0 Å². The van der Waals surface area contributed by atoms with Crippen molar-refractivity contribution < 1.29 is 4.42 Å². The molecular weight excluding hydrogens is 212 g/mol. The Morgan fingerprint density at radius 2 is 2.12 bits per heavy atom. The molecule has 0 N–H and O–H groups in total. The van der Waals surface area contributed by atoms with Crippen LogP contribution in [0.15, 0.2) is 10.6 Å². The molecule has 1 saturated carbocycles. The van der Waals surface area contributed by atoms with Crippen molar-refractivity contribution in [2.75, 3.05) is 18.0 Å². The normalized spacial score (nSPS) is 25.9. The van der Waals surface area contributed by atoms with Crippen LogP contribution in [0.3, 0.4) is 0 Å². The van der Waals surface area contributed by atoms with Crippen LogP contribution in [0.25, 0.3) is 0 Å². The Morgan fingerprint density at radius 3 is 2.82 bits per heavy atom. The number of hydrogen-bond acceptors (Lipinski definition) is 3. The number of nitrogens with zero attached hydrogens (tertiary/aromatic N) is 2. The molecule has 2 aliphatic rings. The Balaban J connectivity index is 1.62. The molecule has 3 nitrogen and oxygen atoms in total. The van der Waals surface area contributed by atoms with E-state index < -0.39 is 0 Å². The van der Waals surface area contributed by atoms with Crippen LogP contribution in [0.1, 0.15) is 44.8 Å². The van der Waals surface area contributed by atoms with Crippen LogP contribution in [0.5, 0.6) is 0 Å². The molecule has 1 unspecified atom stereocenters. The van der Waals surface area contributed by atoms with Crippen LogP contribution in [-0.2, 0) is 6.42 Å². The van der Waals surface area contributed by atoms with Crippen molar-refractivity contribution >= 4 is 6.01 Å². The van der Waals surface area contributed by atoms with Crippen LogP contribution in [-0.4, -0.2) is 18.1 Å². The highest BCUT2D eigenvalue weighted by molar-refractivity contribution is 5.28. The molecule has 1 atom stereocenters. The van der Waals surface area contributed by atoms with E-state index in [1.165, 1.54) is 32.1 Å². The van der Waals surface area contributed by atoms with Gasteiger partial charge in [0.15, 0.2) is 0 Å². The second kappa shape index (κ2) is 4.71. The Bertz CT molecular complexity index is 368. The van der Waals surface area contributed by atoms with Crippen molar-refractivity contribution in [2.24, 2.45) is 11.8 Å². The molecule has 1 aliphatic carbocycles. The first-order chi connectivity index (χ1) is 8.36. The lowest BCUT2D eigenvalue weighted by Gasteiger charge is -2.18. The predicted molar refractivity (Wildman–Crippen MR) is 68.2 cm³/mol. The smallest absolute Gasteiger partial charge is 0.297 e. The summed E-state index contributed by atoms with van der Waals surface area (Å²) in [6, 6.07) is 0.849. The van der Waals surface area contributed by atoms with E-state index in [4.69, 9.17) is 4.42 Å². The van der Waals surface area contributed by atoms with Gasteiger partial charge < -0.3 is 9.32 Å². The molecule has 0 aromatic carbocycles. The Hall–Kier alpha value is -0.990. The second-order valence-electron chi connectivity index (χ2n) is 5.50. The molecule has 1 aliphatic heterocycles. The molecule has 17 heavy (non-hydrogen) atoms. The van der Waals surface area contributed by atoms with Gasteiger partial charge in [0.25, 0.3) is 6.01 Å². The minimum atomic E-state index is 0.849. The average Bonchev–Trinajstić information content (AvgIpc) is 3.09. The molecule has 3 heteroatoms. The van der Waals surface area contributed by atoms with Crippen molar-refractivity contribution in [1.82, 2.24) is 4.98 Å². The summed E-state index contributed by atoms with van der Waals surface area (Å²) in [6.07, 6.45) is 9.93. The summed E-state index contributed by atoms with van der Waals surface area (Å²) in [5.41, 5.74) is 0. The van der Waals surface area contributed by atoms with Crippen LogP contribution in [0.2, 0.25) is 0 Å². The summed E-state index contributed by atoms with van der Waals surface area (Å²) in [4.78, 5) is 6.72. The van der Waals surface area contributed by atoms with Gasteiger partial charge in [-0.05, 0) is 18.3 Å². The highest BCUT2D eigenvalue weighted by Crippen LogP contribution is 2.37. The lowest BCUT2D eigenvalue weighted by Crippen LogP contribution is -2.22. The topological polar surface area (TPSA) is 29.3 Å². The Morgan fingerprint density at radius 1 is 1.29 bits per heavy atom. The fourth-order valence-corrected chi connectivity index (χ4v) is 3.38. The molecule has 0 bridgehead atoms. The third-order valence-electron chi connectivity index (χ3n) is 4.45. The van der Waals surface area contributed by atoms with Crippen LogP contribution in [0.4, 0.5) is 6.01 Å². The number of anilines is 1. The molecule has 2 heterocycles. The number of oxazole rings is 1. The van der Waals surface area contributed by atoms with E-state index in [0.717, 1.165) is 43.1 Å². The van der Waals surface area contributed by atoms with Crippen molar-refractivity contribution in [2.45, 2.75) is 45.4 Å². The zero-order valence-electron chi connectivity index (χ0n) is 10.7. The molecule has 0 amide bonds. The van der Waals surface area contributed by atoms with Gasteiger partial charge in [-0.15, -0.1) is 0 Å².